The molecule has 8 nitrogen and oxygen atoms in total. The number of aromatic nitrogens is 2. The van der Waals surface area contributed by atoms with Crippen LogP contribution in [-0.4, -0.2) is 65.2 Å². The van der Waals surface area contributed by atoms with Crippen LogP contribution in [0.25, 0.3) is 0 Å². The largest absolute Gasteiger partial charge is 0.419 e. The Balaban J connectivity index is 1.55. The SMILES string of the molecule is CNCC1CN(C)C(=O)c2c3c(nn2C1)CCN(C(=O)Nc1ccc(F)c(C(F)(F)F)c1)C3. The number of urea groups is 1. The van der Waals surface area contributed by atoms with Gasteiger partial charge in [-0.25, -0.2) is 9.18 Å². The van der Waals surface area contributed by atoms with Crippen molar-refractivity contribution in [1.29, 1.82) is 0 Å². The lowest BCUT2D eigenvalue weighted by Crippen LogP contribution is -2.40. The highest BCUT2D eigenvalue weighted by atomic mass is 19.4. The maximum atomic E-state index is 13.5. The molecule has 2 aliphatic heterocycles. The third-order valence-electron chi connectivity index (χ3n) is 5.92. The van der Waals surface area contributed by atoms with E-state index in [0.717, 1.165) is 11.8 Å². The molecule has 3 amide bonds. The number of anilines is 1. The molecule has 0 saturated heterocycles. The maximum Gasteiger partial charge on any atom is 0.419 e. The molecule has 0 aliphatic carbocycles. The zero-order valence-electron chi connectivity index (χ0n) is 18.2. The summed E-state index contributed by atoms with van der Waals surface area (Å²) in [5.41, 5.74) is 0.201. The molecule has 0 spiro atoms. The van der Waals surface area contributed by atoms with Gasteiger partial charge in [-0.2, -0.15) is 18.3 Å². The van der Waals surface area contributed by atoms with Crippen molar-refractivity contribution in [2.75, 3.05) is 39.0 Å². The number of nitrogens with zero attached hydrogens (tertiary/aromatic N) is 4. The Kier molecular flexibility index (Phi) is 6.04. The highest BCUT2D eigenvalue weighted by Gasteiger charge is 2.36. The van der Waals surface area contributed by atoms with Crippen LogP contribution in [0.4, 0.5) is 28.0 Å². The van der Waals surface area contributed by atoms with Gasteiger partial charge in [-0.15, -0.1) is 0 Å². The van der Waals surface area contributed by atoms with Gasteiger partial charge in [-0.1, -0.05) is 0 Å². The number of alkyl halides is 3. The van der Waals surface area contributed by atoms with E-state index in [1.807, 2.05) is 7.05 Å². The number of benzene rings is 1. The number of halogens is 4. The van der Waals surface area contributed by atoms with Crippen LogP contribution >= 0.6 is 0 Å². The lowest BCUT2D eigenvalue weighted by Gasteiger charge is -2.27. The number of fused-ring (bicyclic) bond motifs is 3. The van der Waals surface area contributed by atoms with Gasteiger partial charge in [0.15, 0.2) is 0 Å². The molecular weight excluding hydrogens is 444 g/mol. The number of amides is 3. The van der Waals surface area contributed by atoms with Crippen molar-refractivity contribution in [3.8, 4) is 0 Å². The van der Waals surface area contributed by atoms with Gasteiger partial charge in [0, 0.05) is 56.8 Å². The minimum absolute atomic E-state index is 0.0973. The minimum Gasteiger partial charge on any atom is -0.340 e. The van der Waals surface area contributed by atoms with Crippen LogP contribution in [0.1, 0.15) is 27.3 Å². The van der Waals surface area contributed by atoms with E-state index in [1.165, 1.54) is 4.90 Å². The Morgan fingerprint density at radius 3 is 2.73 bits per heavy atom. The molecule has 3 heterocycles. The molecule has 33 heavy (non-hydrogen) atoms. The second-order valence-corrected chi connectivity index (χ2v) is 8.36. The molecule has 0 bridgehead atoms. The minimum atomic E-state index is -4.88. The predicted molar refractivity (Wildman–Crippen MR) is 111 cm³/mol. The third-order valence-corrected chi connectivity index (χ3v) is 5.92. The van der Waals surface area contributed by atoms with Crippen LogP contribution in [0.3, 0.4) is 0 Å². The Morgan fingerprint density at radius 1 is 1.27 bits per heavy atom. The zero-order chi connectivity index (χ0) is 23.9. The summed E-state index contributed by atoms with van der Waals surface area (Å²) in [6.07, 6.45) is -4.47. The Labute approximate surface area is 187 Å². The molecule has 1 atom stereocenters. The molecule has 2 N–H and O–H groups in total. The van der Waals surface area contributed by atoms with E-state index in [0.29, 0.717) is 49.4 Å². The molecule has 0 fully saturated rings. The van der Waals surface area contributed by atoms with Crippen LogP contribution in [0, 0.1) is 11.7 Å². The van der Waals surface area contributed by atoms with Gasteiger partial charge in [0.25, 0.3) is 5.91 Å². The first-order valence-corrected chi connectivity index (χ1v) is 10.5. The molecule has 1 unspecified atom stereocenters. The van der Waals surface area contributed by atoms with Crippen molar-refractivity contribution >= 4 is 17.6 Å². The Morgan fingerprint density at radius 2 is 2.03 bits per heavy atom. The number of nitrogens with one attached hydrogen (secondary N) is 2. The van der Waals surface area contributed by atoms with Gasteiger partial charge in [0.2, 0.25) is 0 Å². The summed E-state index contributed by atoms with van der Waals surface area (Å²) < 4.78 is 54.2. The molecule has 2 aliphatic rings. The van der Waals surface area contributed by atoms with Crippen LogP contribution < -0.4 is 10.6 Å². The number of hydrogen-bond acceptors (Lipinski definition) is 4. The zero-order valence-corrected chi connectivity index (χ0v) is 18.2. The van der Waals surface area contributed by atoms with Crippen molar-refractivity contribution in [3.05, 3.63) is 46.5 Å². The first-order chi connectivity index (χ1) is 15.6. The van der Waals surface area contributed by atoms with Gasteiger partial charge in [0.1, 0.15) is 11.5 Å². The molecule has 0 radical (unpaired) electrons. The summed E-state index contributed by atoms with van der Waals surface area (Å²) in [7, 11) is 3.57. The summed E-state index contributed by atoms with van der Waals surface area (Å²) in [5.74, 6) is -1.42. The highest BCUT2D eigenvalue weighted by Crippen LogP contribution is 2.33. The van der Waals surface area contributed by atoms with E-state index in [2.05, 4.69) is 15.7 Å². The monoisotopic (exact) mass is 468 g/mol. The van der Waals surface area contributed by atoms with Crippen LogP contribution in [-0.2, 0) is 25.7 Å². The highest BCUT2D eigenvalue weighted by molar-refractivity contribution is 5.95. The van der Waals surface area contributed by atoms with Gasteiger partial charge < -0.3 is 20.4 Å². The number of carbonyl (C=O) groups excluding carboxylic acids is 2. The molecule has 2 aromatic rings. The summed E-state index contributed by atoms with van der Waals surface area (Å²) >= 11 is 0. The molecule has 0 saturated carbocycles. The maximum absolute atomic E-state index is 13.5. The van der Waals surface area contributed by atoms with E-state index < -0.39 is 23.6 Å². The molecule has 4 rings (SSSR count). The number of rotatable bonds is 3. The second-order valence-electron chi connectivity index (χ2n) is 8.36. The predicted octanol–water partition coefficient (Wildman–Crippen LogP) is 2.55. The van der Waals surface area contributed by atoms with Gasteiger partial charge in [-0.3, -0.25) is 9.48 Å². The lowest BCUT2D eigenvalue weighted by atomic mass is 10.0. The first-order valence-electron chi connectivity index (χ1n) is 10.5. The molecule has 1 aromatic carbocycles. The summed E-state index contributed by atoms with van der Waals surface area (Å²) in [6, 6.07) is 1.67. The van der Waals surface area contributed by atoms with Crippen LogP contribution in [0.2, 0.25) is 0 Å². The van der Waals surface area contributed by atoms with E-state index in [9.17, 15) is 27.2 Å². The van der Waals surface area contributed by atoms with Crippen molar-refractivity contribution in [1.82, 2.24) is 24.9 Å². The standard InChI is InChI=1S/C21H24F4N6O2/c1-26-8-12-9-29(2)19(32)18-14-11-30(6-5-17(14)28-31(18)10-12)20(33)27-13-3-4-16(22)15(7-13)21(23,24)25/h3-4,7,12,26H,5-6,8-11H2,1-2H3,(H,27,33). The smallest absolute Gasteiger partial charge is 0.340 e. The van der Waals surface area contributed by atoms with E-state index >= 15 is 0 Å². The summed E-state index contributed by atoms with van der Waals surface area (Å²) in [6.45, 7) is 2.22. The average Bonchev–Trinajstić information content (AvgIpc) is 3.05. The summed E-state index contributed by atoms with van der Waals surface area (Å²) in [5, 5.41) is 10.1. The first kappa shape index (κ1) is 23.0. The number of carbonyl (C=O) groups is 2. The van der Waals surface area contributed by atoms with E-state index in [-0.39, 0.29) is 30.6 Å². The van der Waals surface area contributed by atoms with Gasteiger partial charge >= 0.3 is 12.2 Å². The topological polar surface area (TPSA) is 82.5 Å². The van der Waals surface area contributed by atoms with E-state index in [1.54, 1.807) is 16.6 Å². The fraction of sp³-hybridized carbons (Fsp3) is 0.476. The van der Waals surface area contributed by atoms with Crippen molar-refractivity contribution in [3.63, 3.8) is 0 Å². The normalized spacial score (nSPS) is 18.6. The molecule has 12 heteroatoms. The fourth-order valence-corrected chi connectivity index (χ4v) is 4.37. The van der Waals surface area contributed by atoms with Gasteiger partial charge in [-0.05, 0) is 25.2 Å². The van der Waals surface area contributed by atoms with Crippen LogP contribution in [0.15, 0.2) is 18.2 Å². The van der Waals surface area contributed by atoms with Crippen LogP contribution in [0.5, 0.6) is 0 Å². The van der Waals surface area contributed by atoms with Crippen molar-refractivity contribution in [2.24, 2.45) is 5.92 Å². The lowest BCUT2D eigenvalue weighted by molar-refractivity contribution is -0.139. The van der Waals surface area contributed by atoms with Gasteiger partial charge in [0.05, 0.1) is 17.8 Å². The molecular formula is C21H24F4N6O2. The molecule has 178 valence electrons. The van der Waals surface area contributed by atoms with Crippen molar-refractivity contribution in [2.45, 2.75) is 25.7 Å². The van der Waals surface area contributed by atoms with Crippen molar-refractivity contribution < 1.29 is 27.2 Å². The fourth-order valence-electron chi connectivity index (χ4n) is 4.37. The summed E-state index contributed by atoms with van der Waals surface area (Å²) in [4.78, 5) is 28.9. The number of hydrogen-bond donors (Lipinski definition) is 2. The Hall–Kier alpha value is -3.15. The van der Waals surface area contributed by atoms with E-state index in [4.69, 9.17) is 0 Å². The Bertz CT molecular complexity index is 1080. The molecule has 1 aromatic heterocycles. The average molecular weight is 468 g/mol. The third kappa shape index (κ3) is 4.52. The second kappa shape index (κ2) is 8.65. The quantitative estimate of drug-likeness (QED) is 0.679.